The molecular weight excluding hydrogens is 354 g/mol. The first-order chi connectivity index (χ1) is 13.6. The van der Waals surface area contributed by atoms with Gasteiger partial charge in [-0.05, 0) is 29.7 Å². The van der Waals surface area contributed by atoms with Gasteiger partial charge in [0.2, 0.25) is 5.91 Å². The van der Waals surface area contributed by atoms with Crippen molar-refractivity contribution >= 4 is 11.8 Å². The number of hydrogen-bond acceptors (Lipinski definition) is 4. The SMILES string of the molecule is Cc1ccccc1C(=O)NCC(=O)NCc1ccccc1CN1CCOCC1. The van der Waals surface area contributed by atoms with Gasteiger partial charge < -0.3 is 15.4 Å². The number of carbonyl (C=O) groups excluding carboxylic acids is 2. The molecule has 2 N–H and O–H groups in total. The summed E-state index contributed by atoms with van der Waals surface area (Å²) in [4.78, 5) is 26.8. The topological polar surface area (TPSA) is 70.7 Å². The van der Waals surface area contributed by atoms with E-state index in [4.69, 9.17) is 4.74 Å². The van der Waals surface area contributed by atoms with Gasteiger partial charge in [-0.1, -0.05) is 42.5 Å². The van der Waals surface area contributed by atoms with Gasteiger partial charge >= 0.3 is 0 Å². The number of morpholine rings is 1. The minimum atomic E-state index is -0.235. The highest BCUT2D eigenvalue weighted by Crippen LogP contribution is 2.13. The Hall–Kier alpha value is -2.70. The molecule has 0 aliphatic carbocycles. The Morgan fingerprint density at radius 2 is 1.64 bits per heavy atom. The van der Waals surface area contributed by atoms with Crippen molar-refractivity contribution in [1.29, 1.82) is 0 Å². The normalized spacial score (nSPS) is 14.5. The third-order valence-electron chi connectivity index (χ3n) is 4.89. The Kier molecular flexibility index (Phi) is 7.17. The van der Waals surface area contributed by atoms with Gasteiger partial charge in [0.15, 0.2) is 0 Å². The predicted molar refractivity (Wildman–Crippen MR) is 108 cm³/mol. The highest BCUT2D eigenvalue weighted by molar-refractivity contribution is 5.97. The highest BCUT2D eigenvalue weighted by atomic mass is 16.5. The molecule has 1 aliphatic heterocycles. The lowest BCUT2D eigenvalue weighted by Crippen LogP contribution is -2.37. The fraction of sp³-hybridized carbons (Fsp3) is 0.364. The number of ether oxygens (including phenoxy) is 1. The van der Waals surface area contributed by atoms with E-state index in [9.17, 15) is 9.59 Å². The zero-order chi connectivity index (χ0) is 19.8. The van der Waals surface area contributed by atoms with E-state index in [1.807, 2.05) is 43.3 Å². The van der Waals surface area contributed by atoms with E-state index >= 15 is 0 Å². The van der Waals surface area contributed by atoms with Crippen LogP contribution >= 0.6 is 0 Å². The number of amides is 2. The molecule has 2 aromatic rings. The van der Waals surface area contributed by atoms with Gasteiger partial charge in [0.25, 0.3) is 5.91 Å². The van der Waals surface area contributed by atoms with Crippen molar-refractivity contribution in [3.8, 4) is 0 Å². The van der Waals surface area contributed by atoms with Gasteiger partial charge in [0.05, 0.1) is 19.8 Å². The maximum Gasteiger partial charge on any atom is 0.251 e. The summed E-state index contributed by atoms with van der Waals surface area (Å²) >= 11 is 0. The summed E-state index contributed by atoms with van der Waals surface area (Å²) in [7, 11) is 0. The zero-order valence-corrected chi connectivity index (χ0v) is 16.2. The average molecular weight is 381 g/mol. The molecule has 1 heterocycles. The van der Waals surface area contributed by atoms with Gasteiger partial charge in [-0.15, -0.1) is 0 Å². The Balaban J connectivity index is 1.49. The van der Waals surface area contributed by atoms with Crippen LogP contribution < -0.4 is 10.6 Å². The molecule has 0 radical (unpaired) electrons. The van der Waals surface area contributed by atoms with Gasteiger partial charge in [0.1, 0.15) is 0 Å². The molecule has 28 heavy (non-hydrogen) atoms. The quantitative estimate of drug-likeness (QED) is 0.768. The lowest BCUT2D eigenvalue weighted by atomic mass is 10.1. The summed E-state index contributed by atoms with van der Waals surface area (Å²) in [5.41, 5.74) is 3.77. The molecule has 2 amide bonds. The molecule has 148 valence electrons. The summed E-state index contributed by atoms with van der Waals surface area (Å²) in [6.07, 6.45) is 0. The standard InChI is InChI=1S/C22H27N3O3/c1-17-6-2-5-9-20(17)22(27)24-15-21(26)23-14-18-7-3-4-8-19(18)16-25-10-12-28-13-11-25/h2-9H,10-16H2,1H3,(H,23,26)(H,24,27). The number of aryl methyl sites for hydroxylation is 1. The van der Waals surface area contributed by atoms with Crippen LogP contribution in [-0.4, -0.2) is 49.6 Å². The van der Waals surface area contributed by atoms with Crippen LogP contribution in [-0.2, 0) is 22.6 Å². The molecule has 0 spiro atoms. The fourth-order valence-corrected chi connectivity index (χ4v) is 3.22. The van der Waals surface area contributed by atoms with Crippen molar-refractivity contribution in [2.24, 2.45) is 0 Å². The molecule has 0 unspecified atom stereocenters. The first-order valence-corrected chi connectivity index (χ1v) is 9.61. The van der Waals surface area contributed by atoms with Crippen molar-refractivity contribution < 1.29 is 14.3 Å². The first kappa shape index (κ1) is 20.0. The minimum absolute atomic E-state index is 0.0429. The molecule has 6 nitrogen and oxygen atoms in total. The van der Waals surface area contributed by atoms with Crippen molar-refractivity contribution in [2.75, 3.05) is 32.8 Å². The molecule has 1 aliphatic rings. The molecule has 0 saturated carbocycles. The van der Waals surface area contributed by atoms with E-state index in [0.717, 1.165) is 44.0 Å². The van der Waals surface area contributed by atoms with E-state index in [0.29, 0.717) is 12.1 Å². The van der Waals surface area contributed by atoms with E-state index in [1.165, 1.54) is 5.56 Å². The van der Waals surface area contributed by atoms with Crippen molar-refractivity contribution in [3.05, 3.63) is 70.8 Å². The maximum atomic E-state index is 12.2. The second kappa shape index (κ2) is 10.0. The van der Waals surface area contributed by atoms with Gasteiger partial charge in [0, 0.05) is 31.7 Å². The molecule has 0 bridgehead atoms. The molecule has 1 saturated heterocycles. The lowest BCUT2D eigenvalue weighted by molar-refractivity contribution is -0.120. The maximum absolute atomic E-state index is 12.2. The van der Waals surface area contributed by atoms with Gasteiger partial charge in [-0.3, -0.25) is 14.5 Å². The number of rotatable bonds is 7. The third-order valence-corrected chi connectivity index (χ3v) is 4.89. The van der Waals surface area contributed by atoms with E-state index in [-0.39, 0.29) is 18.4 Å². The molecular formula is C22H27N3O3. The van der Waals surface area contributed by atoms with Crippen LogP contribution in [0.3, 0.4) is 0 Å². The molecule has 2 aromatic carbocycles. The second-order valence-corrected chi connectivity index (χ2v) is 6.93. The molecule has 0 atom stereocenters. The van der Waals surface area contributed by atoms with Crippen LogP contribution in [0.15, 0.2) is 48.5 Å². The minimum Gasteiger partial charge on any atom is -0.379 e. The van der Waals surface area contributed by atoms with E-state index in [2.05, 4.69) is 21.6 Å². The summed E-state index contributed by atoms with van der Waals surface area (Å²) < 4.78 is 5.40. The van der Waals surface area contributed by atoms with Crippen LogP contribution in [0.4, 0.5) is 0 Å². The number of nitrogens with zero attached hydrogens (tertiary/aromatic N) is 1. The fourth-order valence-electron chi connectivity index (χ4n) is 3.22. The highest BCUT2D eigenvalue weighted by Gasteiger charge is 2.14. The lowest BCUT2D eigenvalue weighted by Gasteiger charge is -2.27. The third kappa shape index (κ3) is 5.65. The second-order valence-electron chi connectivity index (χ2n) is 6.93. The molecule has 6 heteroatoms. The number of benzene rings is 2. The van der Waals surface area contributed by atoms with Crippen LogP contribution in [0, 0.1) is 6.92 Å². The Morgan fingerprint density at radius 3 is 2.39 bits per heavy atom. The van der Waals surface area contributed by atoms with E-state index in [1.54, 1.807) is 6.07 Å². The Bertz CT molecular complexity index is 816. The predicted octanol–water partition coefficient (Wildman–Crippen LogP) is 1.87. The zero-order valence-electron chi connectivity index (χ0n) is 16.2. The van der Waals surface area contributed by atoms with Crippen molar-refractivity contribution in [1.82, 2.24) is 15.5 Å². The molecule has 1 fully saturated rings. The van der Waals surface area contributed by atoms with E-state index < -0.39 is 0 Å². The molecule has 3 rings (SSSR count). The first-order valence-electron chi connectivity index (χ1n) is 9.61. The van der Waals surface area contributed by atoms with Gasteiger partial charge in [-0.2, -0.15) is 0 Å². The van der Waals surface area contributed by atoms with Crippen LogP contribution in [0.2, 0.25) is 0 Å². The van der Waals surface area contributed by atoms with Crippen LogP contribution in [0.25, 0.3) is 0 Å². The van der Waals surface area contributed by atoms with Crippen molar-refractivity contribution in [3.63, 3.8) is 0 Å². The van der Waals surface area contributed by atoms with Crippen molar-refractivity contribution in [2.45, 2.75) is 20.0 Å². The van der Waals surface area contributed by atoms with Gasteiger partial charge in [-0.25, -0.2) is 0 Å². The van der Waals surface area contributed by atoms with Crippen LogP contribution in [0.1, 0.15) is 27.0 Å². The monoisotopic (exact) mass is 381 g/mol. The largest absolute Gasteiger partial charge is 0.379 e. The number of nitrogens with one attached hydrogen (secondary N) is 2. The Morgan fingerprint density at radius 1 is 0.964 bits per heavy atom. The summed E-state index contributed by atoms with van der Waals surface area (Å²) in [6.45, 7) is 6.49. The van der Waals surface area contributed by atoms with Crippen LogP contribution in [0.5, 0.6) is 0 Å². The summed E-state index contributed by atoms with van der Waals surface area (Å²) in [5, 5.41) is 5.58. The smallest absolute Gasteiger partial charge is 0.251 e. The number of hydrogen-bond donors (Lipinski definition) is 2. The average Bonchev–Trinajstić information content (AvgIpc) is 2.72. The summed E-state index contributed by atoms with van der Waals surface area (Å²) in [6, 6.07) is 15.4. The number of carbonyl (C=O) groups is 2. The molecule has 0 aromatic heterocycles. The summed E-state index contributed by atoms with van der Waals surface area (Å²) in [5.74, 6) is -0.441. The Labute approximate surface area is 165 Å².